The number of esters is 1. The van der Waals surface area contributed by atoms with E-state index in [1.165, 1.54) is 20.3 Å². The zero-order valence-electron chi connectivity index (χ0n) is 16.7. The highest BCUT2D eigenvalue weighted by atomic mass is 16.5. The van der Waals surface area contributed by atoms with E-state index in [-0.39, 0.29) is 0 Å². The maximum Gasteiger partial charge on any atom is 0.324 e. The van der Waals surface area contributed by atoms with E-state index in [2.05, 4.69) is 0 Å². The largest absolute Gasteiger partial charge is 0.493 e. The first kappa shape index (κ1) is 20.9. The van der Waals surface area contributed by atoms with Gasteiger partial charge in [0.25, 0.3) is 5.91 Å². The Labute approximate surface area is 175 Å². The molecular weight excluding hydrogens is 382 g/mol. The van der Waals surface area contributed by atoms with Gasteiger partial charge in [0.1, 0.15) is 0 Å². The average Bonchev–Trinajstić information content (AvgIpc) is 2.78. The van der Waals surface area contributed by atoms with Crippen molar-refractivity contribution in [1.82, 2.24) is 5.73 Å². The summed E-state index contributed by atoms with van der Waals surface area (Å²) in [6, 6.07) is 23.2. The monoisotopic (exact) mass is 404 g/mol. The van der Waals surface area contributed by atoms with E-state index in [4.69, 9.17) is 19.9 Å². The molecule has 0 fully saturated rings. The number of nitrogens with one attached hydrogen (secondary N) is 1. The molecule has 0 spiro atoms. The van der Waals surface area contributed by atoms with E-state index in [9.17, 15) is 9.59 Å². The maximum atomic E-state index is 13.1. The first-order valence-corrected chi connectivity index (χ1v) is 9.33. The van der Waals surface area contributed by atoms with Crippen molar-refractivity contribution in [2.24, 2.45) is 0 Å². The van der Waals surface area contributed by atoms with Crippen molar-refractivity contribution in [2.75, 3.05) is 14.2 Å². The van der Waals surface area contributed by atoms with Gasteiger partial charge in [0, 0.05) is 0 Å². The van der Waals surface area contributed by atoms with Gasteiger partial charge in [-0.2, -0.15) is 0 Å². The minimum absolute atomic E-state index is 0.303. The quantitative estimate of drug-likeness (QED) is 0.419. The van der Waals surface area contributed by atoms with Crippen LogP contribution in [0.5, 0.6) is 11.5 Å². The Morgan fingerprint density at radius 2 is 1.27 bits per heavy atom. The third kappa shape index (κ3) is 4.60. The molecule has 0 aliphatic carbocycles. The molecule has 0 heterocycles. The third-order valence-corrected chi connectivity index (χ3v) is 4.68. The van der Waals surface area contributed by atoms with Crippen molar-refractivity contribution in [3.63, 3.8) is 0 Å². The van der Waals surface area contributed by atoms with Crippen molar-refractivity contribution >= 4 is 11.9 Å². The Morgan fingerprint density at radius 3 is 1.73 bits per heavy atom. The average molecular weight is 404 g/mol. The molecule has 1 atom stereocenters. The van der Waals surface area contributed by atoms with Crippen LogP contribution in [-0.4, -0.2) is 26.1 Å². The van der Waals surface area contributed by atoms with Gasteiger partial charge in [0.2, 0.25) is 0 Å². The fourth-order valence-corrected chi connectivity index (χ4v) is 3.20. The van der Waals surface area contributed by atoms with Crippen molar-refractivity contribution in [3.8, 4) is 11.5 Å². The summed E-state index contributed by atoms with van der Waals surface area (Å²) in [6.45, 7) is 0. The Balaban J connectivity index is 1.96. The number of hydrogen-bond donors (Lipinski definition) is 0. The van der Waals surface area contributed by atoms with Crippen LogP contribution in [0, 0.1) is 0 Å². The highest BCUT2D eigenvalue weighted by molar-refractivity contribution is 6.02. The Hall–Kier alpha value is -3.80. The SMILES string of the molecule is COc1ccc(C(C([NH])=O)C(=O)OC(c2ccccc2)c2ccccc2)cc1OC. The van der Waals surface area contributed by atoms with Crippen LogP contribution in [0.15, 0.2) is 78.9 Å². The van der Waals surface area contributed by atoms with E-state index >= 15 is 0 Å². The van der Waals surface area contributed by atoms with Crippen molar-refractivity contribution in [3.05, 3.63) is 95.6 Å². The molecule has 0 aliphatic rings. The van der Waals surface area contributed by atoms with E-state index in [1.54, 1.807) is 12.1 Å². The van der Waals surface area contributed by atoms with Gasteiger partial charge < -0.3 is 14.2 Å². The zero-order valence-corrected chi connectivity index (χ0v) is 16.7. The number of ether oxygens (including phenoxy) is 3. The number of benzene rings is 3. The van der Waals surface area contributed by atoms with Gasteiger partial charge in [-0.3, -0.25) is 15.3 Å². The highest BCUT2D eigenvalue weighted by Gasteiger charge is 2.32. The summed E-state index contributed by atoms with van der Waals surface area (Å²) in [6.07, 6.45) is -0.707. The van der Waals surface area contributed by atoms with Crippen LogP contribution in [0.4, 0.5) is 0 Å². The van der Waals surface area contributed by atoms with E-state index < -0.39 is 23.9 Å². The van der Waals surface area contributed by atoms with Gasteiger partial charge >= 0.3 is 5.97 Å². The molecule has 6 nitrogen and oxygen atoms in total. The van der Waals surface area contributed by atoms with E-state index in [1.807, 2.05) is 60.7 Å². The maximum absolute atomic E-state index is 13.1. The molecule has 1 N–H and O–H groups in total. The van der Waals surface area contributed by atoms with Gasteiger partial charge in [-0.25, -0.2) is 0 Å². The lowest BCUT2D eigenvalue weighted by atomic mass is 9.97. The standard InChI is InChI=1S/C24H22NO5/c1-28-19-14-13-18(15-20(19)29-2)21(23(25)26)24(27)30-22(16-9-5-3-6-10-16)17-11-7-4-8-12-17/h3-15,21-22,25H,1-2H3. The summed E-state index contributed by atoms with van der Waals surface area (Å²) >= 11 is 0. The summed E-state index contributed by atoms with van der Waals surface area (Å²) in [4.78, 5) is 25.1. The Morgan fingerprint density at radius 1 is 0.733 bits per heavy atom. The second-order valence-corrected chi connectivity index (χ2v) is 6.55. The Bertz CT molecular complexity index is 965. The molecule has 0 aliphatic heterocycles. The Kier molecular flexibility index (Phi) is 6.70. The summed E-state index contributed by atoms with van der Waals surface area (Å²) in [5.74, 6) is -2.46. The molecule has 3 rings (SSSR count). The lowest BCUT2D eigenvalue weighted by Gasteiger charge is -2.22. The van der Waals surface area contributed by atoms with Gasteiger partial charge in [0.05, 0.1) is 14.2 Å². The van der Waals surface area contributed by atoms with Gasteiger partial charge in [-0.05, 0) is 28.8 Å². The normalized spacial score (nSPS) is 11.6. The first-order valence-electron chi connectivity index (χ1n) is 9.33. The summed E-state index contributed by atoms with van der Waals surface area (Å²) in [5, 5.41) is 0. The summed E-state index contributed by atoms with van der Waals surface area (Å²) in [7, 11) is 2.95. The molecule has 0 saturated heterocycles. The lowest BCUT2D eigenvalue weighted by molar-refractivity contribution is -0.151. The van der Waals surface area contributed by atoms with Crippen LogP contribution in [0.1, 0.15) is 28.7 Å². The van der Waals surface area contributed by atoms with E-state index in [0.29, 0.717) is 17.1 Å². The molecule has 0 saturated carbocycles. The first-order chi connectivity index (χ1) is 14.5. The molecule has 6 heteroatoms. The third-order valence-electron chi connectivity index (χ3n) is 4.68. The molecule has 1 unspecified atom stereocenters. The van der Waals surface area contributed by atoms with Crippen LogP contribution < -0.4 is 15.2 Å². The molecule has 30 heavy (non-hydrogen) atoms. The molecule has 3 aromatic rings. The number of hydrogen-bond acceptors (Lipinski definition) is 5. The number of rotatable bonds is 8. The van der Waals surface area contributed by atoms with Crippen molar-refractivity contribution in [1.29, 1.82) is 0 Å². The summed E-state index contributed by atoms with van der Waals surface area (Å²) < 4.78 is 16.2. The summed E-state index contributed by atoms with van der Waals surface area (Å²) in [5.41, 5.74) is 9.50. The number of amides is 1. The van der Waals surface area contributed by atoms with Crippen molar-refractivity contribution in [2.45, 2.75) is 12.0 Å². The zero-order chi connectivity index (χ0) is 21.5. The van der Waals surface area contributed by atoms with Gasteiger partial charge in [0.15, 0.2) is 23.5 Å². The topological polar surface area (TPSA) is 85.6 Å². The van der Waals surface area contributed by atoms with Crippen LogP contribution in [0.25, 0.3) is 0 Å². The molecular formula is C24H22NO5. The fraction of sp³-hybridized carbons (Fsp3) is 0.167. The minimum Gasteiger partial charge on any atom is -0.493 e. The fourth-order valence-electron chi connectivity index (χ4n) is 3.20. The second-order valence-electron chi connectivity index (χ2n) is 6.55. The second kappa shape index (κ2) is 9.60. The minimum atomic E-state index is -1.40. The van der Waals surface area contributed by atoms with Crippen molar-refractivity contribution < 1.29 is 23.8 Å². The van der Waals surface area contributed by atoms with Crippen LogP contribution in [0.3, 0.4) is 0 Å². The molecule has 153 valence electrons. The number of methoxy groups -OCH3 is 2. The predicted octanol–water partition coefficient (Wildman–Crippen LogP) is 3.93. The smallest absolute Gasteiger partial charge is 0.324 e. The van der Waals surface area contributed by atoms with Gasteiger partial charge in [-0.15, -0.1) is 0 Å². The molecule has 0 aromatic heterocycles. The van der Waals surface area contributed by atoms with Crippen LogP contribution in [0.2, 0.25) is 0 Å². The molecule has 0 bridgehead atoms. The van der Waals surface area contributed by atoms with E-state index in [0.717, 1.165) is 11.1 Å². The number of carbonyl (C=O) groups is 2. The molecule has 1 amide bonds. The molecule has 3 aromatic carbocycles. The number of carbonyl (C=O) groups excluding carboxylic acids is 2. The van der Waals surface area contributed by atoms with Crippen LogP contribution >= 0.6 is 0 Å². The predicted molar refractivity (Wildman–Crippen MR) is 111 cm³/mol. The van der Waals surface area contributed by atoms with Gasteiger partial charge in [-0.1, -0.05) is 66.7 Å². The highest BCUT2D eigenvalue weighted by Crippen LogP contribution is 2.33. The van der Waals surface area contributed by atoms with Crippen LogP contribution in [-0.2, 0) is 14.3 Å². The molecule has 1 radical (unpaired) electrons. The lowest BCUT2D eigenvalue weighted by Crippen LogP contribution is -2.26.